The highest BCUT2D eigenvalue weighted by Crippen LogP contribution is 2.52. The maximum atomic E-state index is 2.32. The normalized spacial score (nSPS) is 37.2. The van der Waals surface area contributed by atoms with E-state index in [9.17, 15) is 0 Å². The van der Waals surface area contributed by atoms with E-state index in [-0.39, 0.29) is 0 Å². The fourth-order valence-electron chi connectivity index (χ4n) is 6.52. The van der Waals surface area contributed by atoms with Crippen molar-refractivity contribution in [1.29, 1.82) is 0 Å². The second-order valence-corrected chi connectivity index (χ2v) is 9.30. The Labute approximate surface area is 146 Å². The number of hydrogen-bond acceptors (Lipinski definition) is 0. The van der Waals surface area contributed by atoms with Crippen molar-refractivity contribution in [3.05, 3.63) is 0 Å². The molecule has 0 spiro atoms. The second-order valence-electron chi connectivity index (χ2n) is 9.30. The van der Waals surface area contributed by atoms with Gasteiger partial charge in [-0.25, -0.2) is 0 Å². The molecule has 0 aromatic rings. The number of fused-ring (bicyclic) bond motifs is 3. The molecule has 3 aliphatic carbocycles. The van der Waals surface area contributed by atoms with Gasteiger partial charge in [0.15, 0.2) is 0 Å². The summed E-state index contributed by atoms with van der Waals surface area (Å²) in [6, 6.07) is 0. The molecular formula is C23H42. The summed E-state index contributed by atoms with van der Waals surface area (Å²) in [4.78, 5) is 0. The molecule has 3 fully saturated rings. The summed E-state index contributed by atoms with van der Waals surface area (Å²) in [5.74, 6) is 5.69. The SMILES string of the molecule is CCCCCCCCC[C@H]1CCC2C(CCC3CCCCC32)C1. The van der Waals surface area contributed by atoms with Crippen LogP contribution in [0.2, 0.25) is 0 Å². The van der Waals surface area contributed by atoms with Gasteiger partial charge < -0.3 is 0 Å². The third-order valence-corrected chi connectivity index (χ3v) is 7.79. The number of hydrogen-bond donors (Lipinski definition) is 0. The Hall–Kier alpha value is 0. The lowest BCUT2D eigenvalue weighted by molar-refractivity contribution is 0.0101. The van der Waals surface area contributed by atoms with Gasteiger partial charge in [0, 0.05) is 0 Å². The van der Waals surface area contributed by atoms with Crippen molar-refractivity contribution in [2.24, 2.45) is 29.6 Å². The minimum atomic E-state index is 1.10. The quantitative estimate of drug-likeness (QED) is 0.401. The minimum absolute atomic E-state index is 1.10. The van der Waals surface area contributed by atoms with Gasteiger partial charge >= 0.3 is 0 Å². The molecule has 0 saturated heterocycles. The monoisotopic (exact) mass is 318 g/mol. The number of rotatable bonds is 8. The first kappa shape index (κ1) is 17.8. The van der Waals surface area contributed by atoms with Crippen LogP contribution in [0.3, 0.4) is 0 Å². The van der Waals surface area contributed by atoms with Crippen LogP contribution in [0.5, 0.6) is 0 Å². The van der Waals surface area contributed by atoms with Gasteiger partial charge in [-0.2, -0.15) is 0 Å². The molecule has 0 aromatic carbocycles. The van der Waals surface area contributed by atoms with E-state index in [2.05, 4.69) is 6.92 Å². The summed E-state index contributed by atoms with van der Waals surface area (Å²) in [5.41, 5.74) is 0. The number of unbranched alkanes of at least 4 members (excludes halogenated alkanes) is 6. The summed E-state index contributed by atoms with van der Waals surface area (Å²) in [6.45, 7) is 2.32. The molecule has 3 saturated carbocycles. The van der Waals surface area contributed by atoms with Gasteiger partial charge in [-0.15, -0.1) is 0 Å². The summed E-state index contributed by atoms with van der Waals surface area (Å²) >= 11 is 0. The van der Waals surface area contributed by atoms with E-state index in [1.807, 2.05) is 0 Å². The lowest BCUT2D eigenvalue weighted by Gasteiger charge is -2.49. The molecule has 0 aliphatic heterocycles. The van der Waals surface area contributed by atoms with E-state index in [4.69, 9.17) is 0 Å². The average molecular weight is 319 g/mol. The lowest BCUT2D eigenvalue weighted by atomic mass is 9.56. The first-order valence-electron chi connectivity index (χ1n) is 11.4. The zero-order valence-electron chi connectivity index (χ0n) is 15.9. The molecular weight excluding hydrogens is 276 g/mol. The molecule has 0 amide bonds. The second kappa shape index (κ2) is 9.47. The van der Waals surface area contributed by atoms with Crippen LogP contribution in [0.15, 0.2) is 0 Å². The maximum absolute atomic E-state index is 2.32. The molecule has 0 bridgehead atoms. The molecule has 0 aromatic heterocycles. The molecule has 23 heavy (non-hydrogen) atoms. The van der Waals surface area contributed by atoms with Crippen LogP contribution in [-0.4, -0.2) is 0 Å². The van der Waals surface area contributed by atoms with Crippen molar-refractivity contribution in [3.8, 4) is 0 Å². The van der Waals surface area contributed by atoms with Crippen LogP contribution in [0.1, 0.15) is 116 Å². The Morgan fingerprint density at radius 3 is 2.17 bits per heavy atom. The van der Waals surface area contributed by atoms with Crippen molar-refractivity contribution in [2.45, 2.75) is 116 Å². The summed E-state index contributed by atoms with van der Waals surface area (Å²) in [7, 11) is 0. The first-order valence-corrected chi connectivity index (χ1v) is 11.4. The van der Waals surface area contributed by atoms with Crippen LogP contribution < -0.4 is 0 Å². The largest absolute Gasteiger partial charge is 0.0654 e. The highest BCUT2D eigenvalue weighted by Gasteiger charge is 2.42. The zero-order chi connectivity index (χ0) is 15.9. The van der Waals surface area contributed by atoms with Crippen LogP contribution >= 0.6 is 0 Å². The van der Waals surface area contributed by atoms with E-state index < -0.39 is 0 Å². The molecule has 5 atom stereocenters. The lowest BCUT2D eigenvalue weighted by Crippen LogP contribution is -2.40. The van der Waals surface area contributed by atoms with Crippen molar-refractivity contribution < 1.29 is 0 Å². The van der Waals surface area contributed by atoms with Crippen molar-refractivity contribution in [1.82, 2.24) is 0 Å². The zero-order valence-corrected chi connectivity index (χ0v) is 15.9. The molecule has 0 N–H and O–H groups in total. The van der Waals surface area contributed by atoms with Gasteiger partial charge in [-0.05, 0) is 61.7 Å². The van der Waals surface area contributed by atoms with Gasteiger partial charge in [0.2, 0.25) is 0 Å². The Morgan fingerprint density at radius 2 is 1.30 bits per heavy atom. The van der Waals surface area contributed by atoms with Gasteiger partial charge in [0.1, 0.15) is 0 Å². The summed E-state index contributed by atoms with van der Waals surface area (Å²) < 4.78 is 0. The molecule has 0 radical (unpaired) electrons. The van der Waals surface area contributed by atoms with Gasteiger partial charge in [0.05, 0.1) is 0 Å². The Kier molecular flexibility index (Phi) is 7.34. The fraction of sp³-hybridized carbons (Fsp3) is 1.00. The molecule has 0 nitrogen and oxygen atoms in total. The van der Waals surface area contributed by atoms with Crippen molar-refractivity contribution in [3.63, 3.8) is 0 Å². The molecule has 4 unspecified atom stereocenters. The highest BCUT2D eigenvalue weighted by molar-refractivity contribution is 4.92. The smallest absolute Gasteiger partial charge is 0.0355 e. The Balaban J connectivity index is 1.33. The predicted molar refractivity (Wildman–Crippen MR) is 102 cm³/mol. The van der Waals surface area contributed by atoms with E-state index in [0.29, 0.717) is 0 Å². The highest BCUT2D eigenvalue weighted by atomic mass is 14.5. The predicted octanol–water partition coefficient (Wildman–Crippen LogP) is 7.76. The standard InChI is InChI=1S/C23H42/c1-2-3-4-5-6-7-8-11-19-14-17-23-21(18-19)16-15-20-12-9-10-13-22(20)23/h19-23H,2-18H2,1H3/t19-,20?,21?,22?,23?/m0/s1. The van der Waals surface area contributed by atoms with Gasteiger partial charge in [-0.1, -0.05) is 84.0 Å². The summed E-state index contributed by atoms with van der Waals surface area (Å²) in [5, 5.41) is 0. The molecule has 3 aliphatic rings. The maximum Gasteiger partial charge on any atom is -0.0355 e. The molecule has 0 heterocycles. The van der Waals surface area contributed by atoms with Gasteiger partial charge in [-0.3, -0.25) is 0 Å². The van der Waals surface area contributed by atoms with E-state index in [1.165, 1.54) is 44.9 Å². The van der Waals surface area contributed by atoms with E-state index in [0.717, 1.165) is 29.6 Å². The molecule has 3 rings (SSSR count). The van der Waals surface area contributed by atoms with Crippen molar-refractivity contribution in [2.75, 3.05) is 0 Å². The third kappa shape index (κ3) is 4.99. The van der Waals surface area contributed by atoms with E-state index in [1.54, 1.807) is 64.2 Å². The molecule has 0 heteroatoms. The summed E-state index contributed by atoms with van der Waals surface area (Å²) in [6.07, 6.45) is 26.2. The minimum Gasteiger partial charge on any atom is -0.0654 e. The van der Waals surface area contributed by atoms with Crippen LogP contribution in [0.4, 0.5) is 0 Å². The molecule has 134 valence electrons. The fourth-order valence-corrected chi connectivity index (χ4v) is 6.52. The first-order chi connectivity index (χ1) is 11.4. The van der Waals surface area contributed by atoms with Crippen LogP contribution in [-0.2, 0) is 0 Å². The Morgan fingerprint density at radius 1 is 0.609 bits per heavy atom. The van der Waals surface area contributed by atoms with Crippen molar-refractivity contribution >= 4 is 0 Å². The third-order valence-electron chi connectivity index (χ3n) is 7.79. The Bertz CT molecular complexity index is 320. The van der Waals surface area contributed by atoms with Gasteiger partial charge in [0.25, 0.3) is 0 Å². The van der Waals surface area contributed by atoms with E-state index >= 15 is 0 Å². The average Bonchev–Trinajstić information content (AvgIpc) is 2.60. The van der Waals surface area contributed by atoms with Crippen LogP contribution in [0.25, 0.3) is 0 Å². The van der Waals surface area contributed by atoms with Crippen LogP contribution in [0, 0.1) is 29.6 Å². The topological polar surface area (TPSA) is 0 Å².